The van der Waals surface area contributed by atoms with Crippen LogP contribution in [-0.4, -0.2) is 20.9 Å². The van der Waals surface area contributed by atoms with Gasteiger partial charge in [-0.15, -0.1) is 34.9 Å². The summed E-state index contributed by atoms with van der Waals surface area (Å²) in [5, 5.41) is 13.4. The molecule has 0 aliphatic heterocycles. The number of aromatic nitrogens is 2. The van der Waals surface area contributed by atoms with Crippen LogP contribution in [0.3, 0.4) is 0 Å². The molecule has 0 atom stereocenters. The fraction of sp³-hybridized carbons (Fsp3) is 0.432. The first-order valence-corrected chi connectivity index (χ1v) is 14.8. The maximum Gasteiger partial charge on any atom is 0.164 e. The largest absolute Gasteiger partial charge is 0.512 e. The number of aliphatic hydroxyl groups excluding tert-OH is 1. The molecule has 1 aromatic heterocycles. The predicted molar refractivity (Wildman–Crippen MR) is 173 cm³/mol. The first-order valence-electron chi connectivity index (χ1n) is 14.8. The van der Waals surface area contributed by atoms with Gasteiger partial charge in [-0.1, -0.05) is 99.6 Å². The van der Waals surface area contributed by atoms with Gasteiger partial charge in [-0.25, -0.2) is 4.98 Å². The molecule has 1 N–H and O–H groups in total. The summed E-state index contributed by atoms with van der Waals surface area (Å²) in [5.41, 5.74) is 6.07. The Balaban J connectivity index is 0.000000334. The zero-order valence-corrected chi connectivity index (χ0v) is 29.6. The van der Waals surface area contributed by atoms with E-state index in [0.717, 1.165) is 46.4 Å². The number of allylic oxidation sites excluding steroid dienone is 2. The van der Waals surface area contributed by atoms with Crippen LogP contribution in [0.15, 0.2) is 54.3 Å². The fourth-order valence-corrected chi connectivity index (χ4v) is 4.68. The van der Waals surface area contributed by atoms with Crippen molar-refractivity contribution in [3.63, 3.8) is 0 Å². The van der Waals surface area contributed by atoms with Gasteiger partial charge in [-0.3, -0.25) is 9.78 Å². The van der Waals surface area contributed by atoms with Crippen LogP contribution in [0, 0.1) is 37.7 Å². The molecule has 5 heteroatoms. The first kappa shape index (κ1) is 35.3. The number of nitrogens with zero attached hydrogens (tertiary/aromatic N) is 2. The predicted octanol–water partition coefficient (Wildman–Crippen LogP) is 10.2. The van der Waals surface area contributed by atoms with Crippen LogP contribution in [0.4, 0.5) is 0 Å². The standard InChI is InChI=1S/C24H23N2.C13H24O2.Ir/c1-14(2)20-8-6-7-18-9-10-21-23(19-12-15(3)11-16(4)13-19)25-17(5)26-24(21)22(18)20;1-7-12(3,4)10(14)9-11(15)13(5,6)8-2;/h6-12,14H,1-5H3;9,14H,7-8H2,1-6H3;/q-1;;/b;10-9-;. The number of carbonyl (C=O) groups is 1. The first-order chi connectivity index (χ1) is 19.1. The number of ketones is 1. The summed E-state index contributed by atoms with van der Waals surface area (Å²) in [4.78, 5) is 21.5. The summed E-state index contributed by atoms with van der Waals surface area (Å²) in [7, 11) is 0. The van der Waals surface area contributed by atoms with E-state index in [-0.39, 0.29) is 42.5 Å². The van der Waals surface area contributed by atoms with E-state index in [2.05, 4.69) is 76.2 Å². The van der Waals surface area contributed by atoms with Gasteiger partial charge in [0.15, 0.2) is 5.78 Å². The normalized spacial score (nSPS) is 12.2. The van der Waals surface area contributed by atoms with Crippen LogP contribution in [0.25, 0.3) is 32.9 Å². The van der Waals surface area contributed by atoms with Gasteiger partial charge in [0.05, 0.1) is 5.52 Å². The number of fused-ring (bicyclic) bond motifs is 3. The summed E-state index contributed by atoms with van der Waals surface area (Å²) in [6.45, 7) is 22.3. The monoisotopic (exact) mass is 744 g/mol. The third-order valence-electron chi connectivity index (χ3n) is 8.27. The number of aliphatic hydroxyl groups is 1. The van der Waals surface area contributed by atoms with E-state index in [4.69, 9.17) is 9.97 Å². The molecule has 3 aromatic carbocycles. The molecule has 227 valence electrons. The van der Waals surface area contributed by atoms with Gasteiger partial charge in [-0.2, -0.15) is 0 Å². The molecule has 4 aromatic rings. The Bertz CT molecular complexity index is 1580. The Morgan fingerprint density at radius 3 is 2.17 bits per heavy atom. The number of aryl methyl sites for hydroxylation is 3. The zero-order valence-electron chi connectivity index (χ0n) is 27.2. The maximum absolute atomic E-state index is 11.8. The van der Waals surface area contributed by atoms with Crippen molar-refractivity contribution in [2.75, 3.05) is 0 Å². The molecular weight excluding hydrogens is 697 g/mol. The van der Waals surface area contributed by atoms with Crippen molar-refractivity contribution >= 4 is 27.5 Å². The van der Waals surface area contributed by atoms with E-state index >= 15 is 0 Å². The third kappa shape index (κ3) is 7.94. The van der Waals surface area contributed by atoms with Crippen LogP contribution in [0.2, 0.25) is 0 Å². The Morgan fingerprint density at radius 1 is 0.952 bits per heavy atom. The molecule has 4 rings (SSSR count). The quantitative estimate of drug-likeness (QED) is 0.0886. The molecule has 0 amide bonds. The van der Waals surface area contributed by atoms with Crippen molar-refractivity contribution in [2.24, 2.45) is 10.8 Å². The Morgan fingerprint density at radius 2 is 1.60 bits per heavy atom. The second-order valence-corrected chi connectivity index (χ2v) is 12.8. The van der Waals surface area contributed by atoms with Gasteiger partial charge >= 0.3 is 0 Å². The van der Waals surface area contributed by atoms with E-state index in [1.54, 1.807) is 0 Å². The van der Waals surface area contributed by atoms with Crippen molar-refractivity contribution in [1.82, 2.24) is 9.97 Å². The Kier molecular flexibility index (Phi) is 11.8. The van der Waals surface area contributed by atoms with Crippen molar-refractivity contribution in [3.05, 3.63) is 82.9 Å². The number of hydrogen-bond donors (Lipinski definition) is 1. The average Bonchev–Trinajstić information content (AvgIpc) is 2.91. The van der Waals surface area contributed by atoms with Crippen LogP contribution in [-0.2, 0) is 24.9 Å². The SMILES string of the molecule is CCC(C)(C)C(=O)/C=C(\O)C(C)(C)CC.Cc1[c-]c(-c2nc(C)nc3c2ccc2cccc(C(C)C)c23)cc(C)c1.[Ir]. The molecule has 1 heterocycles. The smallest absolute Gasteiger partial charge is 0.164 e. The van der Waals surface area contributed by atoms with Gasteiger partial charge in [0.25, 0.3) is 0 Å². The Hall–Kier alpha value is -2.88. The molecule has 0 aliphatic rings. The molecule has 0 aliphatic carbocycles. The van der Waals surface area contributed by atoms with Gasteiger partial charge in [0.1, 0.15) is 11.6 Å². The molecule has 0 saturated carbocycles. The molecule has 4 nitrogen and oxygen atoms in total. The fourth-order valence-electron chi connectivity index (χ4n) is 4.68. The van der Waals surface area contributed by atoms with Gasteiger partial charge < -0.3 is 5.11 Å². The van der Waals surface area contributed by atoms with E-state index in [9.17, 15) is 9.90 Å². The van der Waals surface area contributed by atoms with Gasteiger partial charge in [0, 0.05) is 42.4 Å². The van der Waals surface area contributed by atoms with Crippen molar-refractivity contribution in [3.8, 4) is 11.3 Å². The summed E-state index contributed by atoms with van der Waals surface area (Å²) in [6, 6.07) is 18.6. The van der Waals surface area contributed by atoms with Crippen LogP contribution in [0.1, 0.15) is 96.7 Å². The van der Waals surface area contributed by atoms with Crippen molar-refractivity contribution < 1.29 is 30.0 Å². The van der Waals surface area contributed by atoms with Crippen LogP contribution >= 0.6 is 0 Å². The van der Waals surface area contributed by atoms with Crippen molar-refractivity contribution in [1.29, 1.82) is 0 Å². The second kappa shape index (κ2) is 14.1. The molecule has 0 fully saturated rings. The van der Waals surface area contributed by atoms with E-state index in [0.29, 0.717) is 5.92 Å². The molecule has 42 heavy (non-hydrogen) atoms. The van der Waals surface area contributed by atoms with Gasteiger partial charge in [0.2, 0.25) is 0 Å². The molecular formula is C37H47IrN2O2-. The summed E-state index contributed by atoms with van der Waals surface area (Å²) in [6.07, 6.45) is 2.99. The van der Waals surface area contributed by atoms with E-state index in [1.807, 2.05) is 48.5 Å². The molecule has 0 spiro atoms. The van der Waals surface area contributed by atoms with E-state index < -0.39 is 0 Å². The minimum absolute atomic E-state index is 0. The minimum Gasteiger partial charge on any atom is -0.512 e. The van der Waals surface area contributed by atoms with Crippen molar-refractivity contribution in [2.45, 2.75) is 94.9 Å². The third-order valence-corrected chi connectivity index (χ3v) is 8.27. The number of benzene rings is 3. The second-order valence-electron chi connectivity index (χ2n) is 12.8. The molecule has 1 radical (unpaired) electrons. The maximum atomic E-state index is 11.8. The topological polar surface area (TPSA) is 63.1 Å². The summed E-state index contributed by atoms with van der Waals surface area (Å²) in [5.74, 6) is 1.43. The number of rotatable bonds is 7. The molecule has 0 saturated heterocycles. The number of carbonyl (C=O) groups excluding carboxylic acids is 1. The van der Waals surface area contributed by atoms with Crippen LogP contribution < -0.4 is 0 Å². The summed E-state index contributed by atoms with van der Waals surface area (Å²) < 4.78 is 0. The summed E-state index contributed by atoms with van der Waals surface area (Å²) >= 11 is 0. The Labute approximate surface area is 266 Å². The van der Waals surface area contributed by atoms with E-state index in [1.165, 1.54) is 28.0 Å². The number of hydrogen-bond acceptors (Lipinski definition) is 4. The average molecular weight is 744 g/mol. The molecule has 0 unspecified atom stereocenters. The van der Waals surface area contributed by atoms with Crippen LogP contribution in [0.5, 0.6) is 0 Å². The zero-order chi connectivity index (χ0) is 30.7. The van der Waals surface area contributed by atoms with Gasteiger partial charge in [-0.05, 0) is 47.7 Å². The minimum atomic E-state index is -0.377. The molecule has 0 bridgehead atoms.